The molecule has 4 nitrogen and oxygen atoms in total. The third kappa shape index (κ3) is 2.30. The molecule has 2 heterocycles. The number of anilines is 1. The first-order chi connectivity index (χ1) is 12.7. The van der Waals surface area contributed by atoms with Crippen molar-refractivity contribution in [3.05, 3.63) is 53.3 Å². The summed E-state index contributed by atoms with van der Waals surface area (Å²) in [6, 6.07) is 10.1. The van der Waals surface area contributed by atoms with Gasteiger partial charge in [0.05, 0.1) is 5.56 Å². The first-order valence-electron chi connectivity index (χ1n) is 8.98. The van der Waals surface area contributed by atoms with Gasteiger partial charge in [-0.2, -0.15) is 0 Å². The summed E-state index contributed by atoms with van der Waals surface area (Å²) >= 11 is 0. The summed E-state index contributed by atoms with van der Waals surface area (Å²) < 4.78 is 19.4. The Morgan fingerprint density at radius 1 is 1.27 bits per heavy atom. The number of benzene rings is 2. The quantitative estimate of drug-likeness (QED) is 0.715. The number of carbonyl (C=O) groups is 1. The molecule has 2 aromatic carbocycles. The predicted octanol–water partition coefficient (Wildman–Crippen LogP) is 4.52. The standard InChI is InChI=1S/C21H19FN2O2/c1-23-21(25)19-16-9-15-14-8-12(14)6-7-24-17(15)10-18(16)26-20(19)11-2-4-13(22)5-3-11/h2-5,9-10,12,14,24H,6-8H2,1H3,(H,23,25). The molecule has 1 saturated carbocycles. The maximum absolute atomic E-state index is 13.3. The van der Waals surface area contributed by atoms with E-state index in [-0.39, 0.29) is 11.7 Å². The number of amides is 1. The Bertz CT molecular complexity index is 1020. The maximum atomic E-state index is 13.3. The van der Waals surface area contributed by atoms with Crippen LogP contribution in [0.15, 0.2) is 40.8 Å². The van der Waals surface area contributed by atoms with Gasteiger partial charge in [0.25, 0.3) is 5.91 Å². The lowest BCUT2D eigenvalue weighted by atomic mass is 10.00. The SMILES string of the molecule is CNC(=O)c1c(-c2ccc(F)cc2)oc2cc3c(cc12)C1CC1CCN3. The fraction of sp³-hybridized carbons (Fsp3) is 0.286. The van der Waals surface area contributed by atoms with Crippen molar-refractivity contribution in [3.63, 3.8) is 0 Å². The summed E-state index contributed by atoms with van der Waals surface area (Å²) in [6.45, 7) is 0.966. The van der Waals surface area contributed by atoms with Crippen LogP contribution in [0.1, 0.15) is 34.7 Å². The Morgan fingerprint density at radius 3 is 2.85 bits per heavy atom. The molecule has 1 aliphatic heterocycles. The van der Waals surface area contributed by atoms with E-state index in [1.54, 1.807) is 19.2 Å². The Morgan fingerprint density at radius 2 is 2.08 bits per heavy atom. The Kier molecular flexibility index (Phi) is 3.32. The van der Waals surface area contributed by atoms with E-state index >= 15 is 0 Å². The largest absolute Gasteiger partial charge is 0.455 e. The molecule has 2 unspecified atom stereocenters. The second kappa shape index (κ2) is 5.59. The van der Waals surface area contributed by atoms with E-state index in [0.717, 1.165) is 23.5 Å². The molecule has 0 saturated heterocycles. The summed E-state index contributed by atoms with van der Waals surface area (Å²) in [5.41, 5.74) is 4.25. The topological polar surface area (TPSA) is 54.3 Å². The fourth-order valence-corrected chi connectivity index (χ4v) is 4.11. The van der Waals surface area contributed by atoms with Gasteiger partial charge in [-0.15, -0.1) is 0 Å². The van der Waals surface area contributed by atoms with Crippen LogP contribution in [0.3, 0.4) is 0 Å². The number of rotatable bonds is 2. The van der Waals surface area contributed by atoms with Gasteiger partial charge in [0.15, 0.2) is 0 Å². The molecule has 1 aliphatic carbocycles. The number of hydrogen-bond acceptors (Lipinski definition) is 3. The predicted molar refractivity (Wildman–Crippen MR) is 99.0 cm³/mol. The van der Waals surface area contributed by atoms with E-state index in [1.165, 1.54) is 30.5 Å². The van der Waals surface area contributed by atoms with Crippen molar-refractivity contribution in [2.75, 3.05) is 18.9 Å². The van der Waals surface area contributed by atoms with Gasteiger partial charge in [-0.1, -0.05) is 0 Å². The lowest BCUT2D eigenvalue weighted by molar-refractivity contribution is 0.0964. The van der Waals surface area contributed by atoms with Gasteiger partial charge in [0.2, 0.25) is 0 Å². The van der Waals surface area contributed by atoms with Gasteiger partial charge in [0.1, 0.15) is 17.2 Å². The van der Waals surface area contributed by atoms with Gasteiger partial charge >= 0.3 is 0 Å². The molecule has 5 heteroatoms. The van der Waals surface area contributed by atoms with Crippen LogP contribution in [0.5, 0.6) is 0 Å². The zero-order valence-electron chi connectivity index (χ0n) is 14.4. The molecule has 1 fully saturated rings. The van der Waals surface area contributed by atoms with Crippen LogP contribution < -0.4 is 10.6 Å². The van der Waals surface area contributed by atoms with E-state index < -0.39 is 0 Å². The molecule has 1 amide bonds. The van der Waals surface area contributed by atoms with Crippen LogP contribution in [-0.2, 0) is 0 Å². The van der Waals surface area contributed by atoms with Crippen molar-refractivity contribution in [1.82, 2.24) is 5.32 Å². The number of carbonyl (C=O) groups excluding carboxylic acids is 1. The molecular formula is C21H19FN2O2. The third-order valence-corrected chi connectivity index (χ3v) is 5.57. The highest BCUT2D eigenvalue weighted by Gasteiger charge is 2.41. The molecule has 2 N–H and O–H groups in total. The van der Waals surface area contributed by atoms with E-state index in [0.29, 0.717) is 28.4 Å². The van der Waals surface area contributed by atoms with Crippen LogP contribution in [0, 0.1) is 11.7 Å². The summed E-state index contributed by atoms with van der Waals surface area (Å²) in [5.74, 6) is 1.28. The van der Waals surface area contributed by atoms with Gasteiger partial charge in [-0.05, 0) is 60.6 Å². The number of furan rings is 1. The highest BCUT2D eigenvalue weighted by molar-refractivity contribution is 6.11. The third-order valence-electron chi connectivity index (χ3n) is 5.57. The summed E-state index contributed by atoms with van der Waals surface area (Å²) in [4.78, 5) is 12.6. The van der Waals surface area contributed by atoms with E-state index in [2.05, 4.69) is 16.7 Å². The summed E-state index contributed by atoms with van der Waals surface area (Å²) in [7, 11) is 1.61. The van der Waals surface area contributed by atoms with Gasteiger partial charge in [-0.3, -0.25) is 4.79 Å². The van der Waals surface area contributed by atoms with Crippen LogP contribution in [-0.4, -0.2) is 19.5 Å². The second-order valence-electron chi connectivity index (χ2n) is 7.15. The maximum Gasteiger partial charge on any atom is 0.255 e. The van der Waals surface area contributed by atoms with Crippen LogP contribution in [0.25, 0.3) is 22.3 Å². The average molecular weight is 350 g/mol. The zero-order valence-corrected chi connectivity index (χ0v) is 14.4. The smallest absolute Gasteiger partial charge is 0.255 e. The first kappa shape index (κ1) is 15.4. The fourth-order valence-electron chi connectivity index (χ4n) is 4.11. The van der Waals surface area contributed by atoms with Crippen molar-refractivity contribution in [2.24, 2.45) is 5.92 Å². The number of hydrogen-bond donors (Lipinski definition) is 2. The van der Waals surface area contributed by atoms with Crippen molar-refractivity contribution in [2.45, 2.75) is 18.8 Å². The summed E-state index contributed by atoms with van der Waals surface area (Å²) in [6.07, 6.45) is 2.40. The molecule has 0 radical (unpaired) electrons. The van der Waals surface area contributed by atoms with Gasteiger partial charge in [0, 0.05) is 36.3 Å². The lowest BCUT2D eigenvalue weighted by Crippen LogP contribution is -2.18. The normalized spacial score (nSPS) is 20.7. The van der Waals surface area contributed by atoms with Crippen molar-refractivity contribution >= 4 is 22.6 Å². The molecule has 2 aliphatic rings. The molecule has 5 rings (SSSR count). The van der Waals surface area contributed by atoms with Gasteiger partial charge in [-0.25, -0.2) is 4.39 Å². The lowest BCUT2D eigenvalue weighted by Gasteiger charge is -2.09. The molecule has 0 bridgehead atoms. The van der Waals surface area contributed by atoms with E-state index in [4.69, 9.17) is 4.42 Å². The molecule has 132 valence electrons. The minimum Gasteiger partial charge on any atom is -0.455 e. The van der Waals surface area contributed by atoms with Crippen LogP contribution in [0.2, 0.25) is 0 Å². The number of nitrogens with one attached hydrogen (secondary N) is 2. The van der Waals surface area contributed by atoms with E-state index in [9.17, 15) is 9.18 Å². The van der Waals surface area contributed by atoms with E-state index in [1.807, 2.05) is 6.07 Å². The monoisotopic (exact) mass is 350 g/mol. The van der Waals surface area contributed by atoms with Crippen LogP contribution >= 0.6 is 0 Å². The van der Waals surface area contributed by atoms with Crippen molar-refractivity contribution < 1.29 is 13.6 Å². The molecular weight excluding hydrogens is 331 g/mol. The Labute approximate surface area is 150 Å². The molecule has 1 aromatic heterocycles. The van der Waals surface area contributed by atoms with Gasteiger partial charge < -0.3 is 15.1 Å². The molecule has 3 aromatic rings. The number of halogens is 1. The van der Waals surface area contributed by atoms with Crippen molar-refractivity contribution in [1.29, 1.82) is 0 Å². The zero-order chi connectivity index (χ0) is 17.8. The van der Waals surface area contributed by atoms with Crippen molar-refractivity contribution in [3.8, 4) is 11.3 Å². The minimum absolute atomic E-state index is 0.197. The van der Waals surface area contributed by atoms with Crippen LogP contribution in [0.4, 0.5) is 10.1 Å². The number of fused-ring (bicyclic) bond motifs is 4. The second-order valence-corrected chi connectivity index (χ2v) is 7.15. The average Bonchev–Trinajstić information content (AvgIpc) is 3.34. The highest BCUT2D eigenvalue weighted by Crippen LogP contribution is 2.54. The molecule has 26 heavy (non-hydrogen) atoms. The first-order valence-corrected chi connectivity index (χ1v) is 8.98. The highest BCUT2D eigenvalue weighted by atomic mass is 19.1. The molecule has 0 spiro atoms. The Balaban J connectivity index is 1.75. The summed E-state index contributed by atoms with van der Waals surface area (Å²) in [5, 5.41) is 7.01. The minimum atomic E-state index is -0.318. The Hall–Kier alpha value is -2.82. The molecule has 2 atom stereocenters.